The number of carboxylic acids is 1. The molecule has 0 saturated heterocycles. The third kappa shape index (κ3) is 2.23. The molecular weight excluding hydrogens is 242 g/mol. The molecule has 19 heavy (non-hydrogen) atoms. The van der Waals surface area contributed by atoms with Crippen molar-refractivity contribution in [3.8, 4) is 0 Å². The maximum Gasteiger partial charge on any atom is 0.374 e. The summed E-state index contributed by atoms with van der Waals surface area (Å²) in [7, 11) is 0. The van der Waals surface area contributed by atoms with E-state index in [0.717, 1.165) is 18.2 Å². The lowest BCUT2D eigenvalue weighted by molar-refractivity contribution is 0.0684. The molecule has 2 N–H and O–H groups in total. The Hall–Kier alpha value is -2.17. The number of carboxylic acid groups (broad SMARTS) is 1. The van der Waals surface area contributed by atoms with Crippen LogP contribution < -0.4 is 5.32 Å². The van der Waals surface area contributed by atoms with Crippen LogP contribution >= 0.6 is 0 Å². The Kier molecular flexibility index (Phi) is 2.81. The van der Waals surface area contributed by atoms with Crippen LogP contribution in [0.5, 0.6) is 0 Å². The summed E-state index contributed by atoms with van der Waals surface area (Å²) < 4.78 is 0. The van der Waals surface area contributed by atoms with Gasteiger partial charge < -0.3 is 10.4 Å². The van der Waals surface area contributed by atoms with Gasteiger partial charge in [-0.15, -0.1) is 0 Å². The molecule has 0 spiro atoms. The number of rotatable bonds is 4. The summed E-state index contributed by atoms with van der Waals surface area (Å²) in [5.74, 6) is 0.0393. The number of benzene rings is 1. The number of carbonyl (C=O) groups is 1. The average molecular weight is 257 g/mol. The molecular formula is C14H15N3O2. The summed E-state index contributed by atoms with van der Waals surface area (Å²) >= 11 is 0. The van der Waals surface area contributed by atoms with Gasteiger partial charge >= 0.3 is 5.97 Å². The van der Waals surface area contributed by atoms with Crippen LogP contribution in [-0.2, 0) is 0 Å². The van der Waals surface area contributed by atoms with Gasteiger partial charge in [0.1, 0.15) is 5.82 Å². The summed E-state index contributed by atoms with van der Waals surface area (Å²) in [5, 5.41) is 13.3. The van der Waals surface area contributed by atoms with E-state index in [-0.39, 0.29) is 5.82 Å². The van der Waals surface area contributed by atoms with Crippen molar-refractivity contribution in [2.75, 3.05) is 5.32 Å². The molecule has 5 nitrogen and oxygen atoms in total. The first kappa shape index (κ1) is 11.9. The van der Waals surface area contributed by atoms with Crippen LogP contribution in [0.25, 0.3) is 10.9 Å². The Morgan fingerprint density at radius 1 is 1.42 bits per heavy atom. The third-order valence-corrected chi connectivity index (χ3v) is 3.56. The average Bonchev–Trinajstić information content (AvgIpc) is 3.17. The molecule has 1 aliphatic carbocycles. The van der Waals surface area contributed by atoms with Crippen molar-refractivity contribution in [1.82, 2.24) is 9.97 Å². The highest BCUT2D eigenvalue weighted by Gasteiger charge is 2.35. The molecule has 5 heteroatoms. The van der Waals surface area contributed by atoms with Crippen molar-refractivity contribution < 1.29 is 9.90 Å². The summed E-state index contributed by atoms with van der Waals surface area (Å²) in [5.41, 5.74) is 0.658. The highest BCUT2D eigenvalue weighted by Crippen LogP contribution is 2.36. The van der Waals surface area contributed by atoms with Crippen LogP contribution in [0.4, 0.5) is 5.82 Å². The molecule has 0 amide bonds. The lowest BCUT2D eigenvalue weighted by atomic mass is 10.2. The van der Waals surface area contributed by atoms with Gasteiger partial charge in [0.2, 0.25) is 5.82 Å². The van der Waals surface area contributed by atoms with Gasteiger partial charge in [-0.25, -0.2) is 14.8 Å². The topological polar surface area (TPSA) is 75.1 Å². The molecule has 1 heterocycles. The maximum absolute atomic E-state index is 11.1. The highest BCUT2D eigenvalue weighted by atomic mass is 16.4. The molecule has 2 unspecified atom stereocenters. The Bertz CT molecular complexity index is 642. The minimum atomic E-state index is -1.10. The van der Waals surface area contributed by atoms with Crippen LogP contribution in [0.3, 0.4) is 0 Å². The third-order valence-electron chi connectivity index (χ3n) is 3.56. The van der Waals surface area contributed by atoms with Gasteiger partial charge in [-0.05, 0) is 24.5 Å². The SMILES string of the molecule is CCC1CC1Nc1nc(C(=O)O)nc2ccccc12. The van der Waals surface area contributed by atoms with E-state index < -0.39 is 5.97 Å². The van der Waals surface area contributed by atoms with Crippen LogP contribution in [0, 0.1) is 5.92 Å². The normalized spacial score (nSPS) is 21.3. The predicted octanol–water partition coefficient (Wildman–Crippen LogP) is 2.54. The Morgan fingerprint density at radius 3 is 2.89 bits per heavy atom. The minimum absolute atomic E-state index is 0.158. The number of hydrogen-bond donors (Lipinski definition) is 2. The van der Waals surface area contributed by atoms with E-state index in [1.807, 2.05) is 18.2 Å². The van der Waals surface area contributed by atoms with E-state index in [1.54, 1.807) is 6.07 Å². The molecule has 3 rings (SSSR count). The molecule has 98 valence electrons. The van der Waals surface area contributed by atoms with E-state index in [4.69, 9.17) is 5.11 Å². The first-order valence-corrected chi connectivity index (χ1v) is 6.45. The first-order chi connectivity index (χ1) is 9.19. The Labute approximate surface area is 110 Å². The van der Waals surface area contributed by atoms with Crippen LogP contribution in [0.15, 0.2) is 24.3 Å². The molecule has 1 aromatic carbocycles. The van der Waals surface area contributed by atoms with Crippen molar-refractivity contribution in [3.05, 3.63) is 30.1 Å². The van der Waals surface area contributed by atoms with Gasteiger partial charge in [0.25, 0.3) is 0 Å². The van der Waals surface area contributed by atoms with Crippen LogP contribution in [0.1, 0.15) is 30.4 Å². The maximum atomic E-state index is 11.1. The van der Waals surface area contributed by atoms with Crippen molar-refractivity contribution in [2.24, 2.45) is 5.92 Å². The molecule has 2 atom stereocenters. The van der Waals surface area contributed by atoms with Crippen molar-refractivity contribution in [2.45, 2.75) is 25.8 Å². The van der Waals surface area contributed by atoms with E-state index in [2.05, 4.69) is 22.2 Å². The summed E-state index contributed by atoms with van der Waals surface area (Å²) in [6, 6.07) is 7.87. The molecule has 1 aliphatic rings. The lowest BCUT2D eigenvalue weighted by Crippen LogP contribution is -2.11. The fourth-order valence-electron chi connectivity index (χ4n) is 2.33. The first-order valence-electron chi connectivity index (χ1n) is 6.45. The number of hydrogen-bond acceptors (Lipinski definition) is 4. The van der Waals surface area contributed by atoms with E-state index in [0.29, 0.717) is 23.3 Å². The van der Waals surface area contributed by atoms with Gasteiger partial charge in [0, 0.05) is 11.4 Å². The number of nitrogens with one attached hydrogen (secondary N) is 1. The van der Waals surface area contributed by atoms with E-state index in [9.17, 15) is 4.79 Å². The van der Waals surface area contributed by atoms with Crippen molar-refractivity contribution >= 4 is 22.7 Å². The standard InChI is InChI=1S/C14H15N3O2/c1-2-8-7-11(8)16-12-9-5-3-4-6-10(9)15-13(17-12)14(18)19/h3-6,8,11H,2,7H2,1H3,(H,18,19)(H,15,16,17). The second-order valence-corrected chi connectivity index (χ2v) is 4.87. The highest BCUT2D eigenvalue weighted by molar-refractivity contribution is 5.93. The largest absolute Gasteiger partial charge is 0.475 e. The molecule has 0 radical (unpaired) electrons. The quantitative estimate of drug-likeness (QED) is 0.880. The molecule has 1 fully saturated rings. The fraction of sp³-hybridized carbons (Fsp3) is 0.357. The van der Waals surface area contributed by atoms with Gasteiger partial charge in [-0.1, -0.05) is 25.5 Å². The van der Waals surface area contributed by atoms with Crippen molar-refractivity contribution in [1.29, 1.82) is 0 Å². The molecule has 0 bridgehead atoms. The molecule has 2 aromatic rings. The fourth-order valence-corrected chi connectivity index (χ4v) is 2.33. The Balaban J connectivity index is 2.02. The second-order valence-electron chi connectivity index (χ2n) is 4.87. The van der Waals surface area contributed by atoms with Crippen LogP contribution in [0.2, 0.25) is 0 Å². The Morgan fingerprint density at radius 2 is 2.21 bits per heavy atom. The number of aromatic nitrogens is 2. The smallest absolute Gasteiger partial charge is 0.374 e. The number of aromatic carboxylic acids is 1. The zero-order chi connectivity index (χ0) is 13.4. The summed E-state index contributed by atoms with van der Waals surface area (Å²) in [6.45, 7) is 2.16. The van der Waals surface area contributed by atoms with Crippen molar-refractivity contribution in [3.63, 3.8) is 0 Å². The zero-order valence-corrected chi connectivity index (χ0v) is 10.6. The summed E-state index contributed by atoms with van der Waals surface area (Å²) in [6.07, 6.45) is 2.25. The predicted molar refractivity (Wildman–Crippen MR) is 72.3 cm³/mol. The molecule has 1 aromatic heterocycles. The number of para-hydroxylation sites is 1. The number of anilines is 1. The molecule has 1 saturated carbocycles. The minimum Gasteiger partial charge on any atom is -0.475 e. The lowest BCUT2D eigenvalue weighted by Gasteiger charge is -2.09. The van der Waals surface area contributed by atoms with E-state index in [1.165, 1.54) is 0 Å². The second kappa shape index (κ2) is 4.50. The number of nitrogens with zero attached hydrogens (tertiary/aromatic N) is 2. The monoisotopic (exact) mass is 257 g/mol. The van der Waals surface area contributed by atoms with Gasteiger partial charge in [0.15, 0.2) is 0 Å². The van der Waals surface area contributed by atoms with Gasteiger partial charge in [0.05, 0.1) is 5.52 Å². The van der Waals surface area contributed by atoms with E-state index >= 15 is 0 Å². The molecule has 0 aliphatic heterocycles. The van der Waals surface area contributed by atoms with Crippen LogP contribution in [-0.4, -0.2) is 27.1 Å². The van der Waals surface area contributed by atoms with Gasteiger partial charge in [-0.2, -0.15) is 0 Å². The summed E-state index contributed by atoms with van der Waals surface area (Å²) in [4.78, 5) is 19.2. The zero-order valence-electron chi connectivity index (χ0n) is 10.6. The van der Waals surface area contributed by atoms with Gasteiger partial charge in [-0.3, -0.25) is 0 Å². The number of fused-ring (bicyclic) bond motifs is 1.